The predicted octanol–water partition coefficient (Wildman–Crippen LogP) is 2.39. The zero-order chi connectivity index (χ0) is 13.9. The molecule has 0 spiro atoms. The van der Waals surface area contributed by atoms with Gasteiger partial charge in [0.2, 0.25) is 5.91 Å². The highest BCUT2D eigenvalue weighted by atomic mass is 16.3. The van der Waals surface area contributed by atoms with E-state index >= 15 is 0 Å². The van der Waals surface area contributed by atoms with Gasteiger partial charge in [0.05, 0.1) is 11.0 Å². The van der Waals surface area contributed by atoms with E-state index in [9.17, 15) is 9.90 Å². The number of carbonyl (C=O) groups is 1. The van der Waals surface area contributed by atoms with Gasteiger partial charge in [0, 0.05) is 6.54 Å². The van der Waals surface area contributed by atoms with Gasteiger partial charge in [-0.3, -0.25) is 4.79 Å². The van der Waals surface area contributed by atoms with Crippen molar-refractivity contribution < 1.29 is 9.90 Å². The molecule has 19 heavy (non-hydrogen) atoms. The van der Waals surface area contributed by atoms with E-state index in [-0.39, 0.29) is 11.3 Å². The minimum absolute atomic E-state index is 0.0543. The summed E-state index contributed by atoms with van der Waals surface area (Å²) < 4.78 is 0. The molecule has 1 atom stereocenters. The molecule has 1 aliphatic rings. The minimum Gasteiger partial charge on any atom is -0.388 e. The smallest absolute Gasteiger partial charge is 0.230 e. The summed E-state index contributed by atoms with van der Waals surface area (Å²) in [6.07, 6.45) is 3.52. The maximum Gasteiger partial charge on any atom is 0.230 e. The second-order valence-corrected chi connectivity index (χ2v) is 5.83. The third-order valence-electron chi connectivity index (χ3n) is 4.36. The lowest BCUT2D eigenvalue weighted by Crippen LogP contribution is -2.52. The predicted molar refractivity (Wildman–Crippen MR) is 75.9 cm³/mol. The highest BCUT2D eigenvalue weighted by molar-refractivity contribution is 5.89. The quantitative estimate of drug-likeness (QED) is 0.855. The van der Waals surface area contributed by atoms with Crippen LogP contribution in [0.15, 0.2) is 30.3 Å². The molecular weight excluding hydrogens is 238 g/mol. The van der Waals surface area contributed by atoms with Crippen LogP contribution in [-0.2, 0) is 10.2 Å². The Hall–Kier alpha value is -1.35. The van der Waals surface area contributed by atoms with Crippen molar-refractivity contribution in [2.45, 2.75) is 50.5 Å². The lowest BCUT2D eigenvalue weighted by molar-refractivity contribution is -0.131. The molecule has 2 N–H and O–H groups in total. The van der Waals surface area contributed by atoms with E-state index < -0.39 is 5.60 Å². The number of carbonyl (C=O) groups excluding carboxylic acids is 1. The molecule has 1 amide bonds. The topological polar surface area (TPSA) is 49.3 Å². The van der Waals surface area contributed by atoms with Gasteiger partial charge in [-0.05, 0) is 31.7 Å². The number of rotatable bonds is 5. The fourth-order valence-electron chi connectivity index (χ4n) is 2.50. The average molecular weight is 261 g/mol. The van der Waals surface area contributed by atoms with Crippen LogP contribution in [0, 0.1) is 0 Å². The molecule has 1 aromatic carbocycles. The molecule has 1 aromatic rings. The van der Waals surface area contributed by atoms with Gasteiger partial charge in [-0.15, -0.1) is 0 Å². The van der Waals surface area contributed by atoms with Gasteiger partial charge in [-0.1, -0.05) is 43.7 Å². The maximum atomic E-state index is 12.5. The first-order valence-corrected chi connectivity index (χ1v) is 7.06. The van der Waals surface area contributed by atoms with Crippen molar-refractivity contribution in [3.8, 4) is 0 Å². The van der Waals surface area contributed by atoms with Crippen LogP contribution in [0.4, 0.5) is 0 Å². The molecule has 1 unspecified atom stereocenters. The Morgan fingerprint density at radius 3 is 2.47 bits per heavy atom. The lowest BCUT2D eigenvalue weighted by atomic mass is 9.64. The molecule has 104 valence electrons. The Kier molecular flexibility index (Phi) is 3.95. The molecule has 1 aliphatic carbocycles. The first kappa shape index (κ1) is 14.1. The van der Waals surface area contributed by atoms with Gasteiger partial charge in [0.15, 0.2) is 0 Å². The van der Waals surface area contributed by atoms with Crippen molar-refractivity contribution >= 4 is 5.91 Å². The summed E-state index contributed by atoms with van der Waals surface area (Å²) in [4.78, 5) is 12.5. The summed E-state index contributed by atoms with van der Waals surface area (Å²) in [6.45, 7) is 3.99. The third-order valence-corrected chi connectivity index (χ3v) is 4.36. The lowest BCUT2D eigenvalue weighted by Gasteiger charge is -2.41. The molecule has 2 rings (SSSR count). The summed E-state index contributed by atoms with van der Waals surface area (Å²) in [5.74, 6) is 0.0543. The second-order valence-electron chi connectivity index (χ2n) is 5.83. The monoisotopic (exact) mass is 261 g/mol. The number of hydrogen-bond acceptors (Lipinski definition) is 2. The zero-order valence-electron chi connectivity index (χ0n) is 11.8. The normalized spacial score (nSPS) is 20.2. The Morgan fingerprint density at radius 2 is 2.00 bits per heavy atom. The number of aliphatic hydroxyl groups is 1. The van der Waals surface area contributed by atoms with Crippen LogP contribution in [0.5, 0.6) is 0 Å². The molecule has 0 aliphatic heterocycles. The summed E-state index contributed by atoms with van der Waals surface area (Å²) in [5.41, 5.74) is -0.0996. The van der Waals surface area contributed by atoms with E-state index in [0.717, 1.165) is 24.8 Å². The molecule has 3 nitrogen and oxygen atoms in total. The molecule has 0 radical (unpaired) electrons. The Balaban J connectivity index is 2.08. The van der Waals surface area contributed by atoms with Crippen LogP contribution in [0.3, 0.4) is 0 Å². The van der Waals surface area contributed by atoms with E-state index in [1.807, 2.05) is 37.3 Å². The number of hydrogen-bond donors (Lipinski definition) is 2. The van der Waals surface area contributed by atoms with Gasteiger partial charge in [0.25, 0.3) is 0 Å². The number of nitrogens with one attached hydrogen (secondary N) is 1. The van der Waals surface area contributed by atoms with Gasteiger partial charge in [-0.25, -0.2) is 0 Å². The van der Waals surface area contributed by atoms with Crippen LogP contribution < -0.4 is 5.32 Å². The minimum atomic E-state index is -0.822. The molecule has 0 heterocycles. The average Bonchev–Trinajstić information content (AvgIpc) is 2.37. The molecule has 1 fully saturated rings. The summed E-state index contributed by atoms with van der Waals surface area (Å²) in [6, 6.07) is 9.97. The standard InChI is InChI=1S/C16H23NO2/c1-3-15(2,19)12-17-14(18)16(10-7-11-16)13-8-5-4-6-9-13/h4-6,8-9,19H,3,7,10-12H2,1-2H3,(H,17,18). The molecule has 0 bridgehead atoms. The van der Waals surface area contributed by atoms with E-state index in [1.54, 1.807) is 6.92 Å². The van der Waals surface area contributed by atoms with Crippen LogP contribution in [0.25, 0.3) is 0 Å². The SMILES string of the molecule is CCC(C)(O)CNC(=O)C1(c2ccccc2)CCC1. The Labute approximate surface area is 115 Å². The van der Waals surface area contributed by atoms with E-state index in [4.69, 9.17) is 0 Å². The Bertz CT molecular complexity index is 435. The number of benzene rings is 1. The summed E-state index contributed by atoms with van der Waals surface area (Å²) >= 11 is 0. The highest BCUT2D eigenvalue weighted by Crippen LogP contribution is 2.43. The van der Waals surface area contributed by atoms with Gasteiger partial charge < -0.3 is 10.4 Å². The zero-order valence-corrected chi connectivity index (χ0v) is 11.8. The van der Waals surface area contributed by atoms with Crippen molar-refractivity contribution in [3.05, 3.63) is 35.9 Å². The first-order valence-electron chi connectivity index (χ1n) is 7.06. The molecule has 1 saturated carbocycles. The van der Waals surface area contributed by atoms with Crippen LogP contribution in [0.1, 0.15) is 45.1 Å². The maximum absolute atomic E-state index is 12.5. The fourth-order valence-corrected chi connectivity index (χ4v) is 2.50. The van der Waals surface area contributed by atoms with E-state index in [1.165, 1.54) is 0 Å². The molecule has 3 heteroatoms. The van der Waals surface area contributed by atoms with Gasteiger partial charge >= 0.3 is 0 Å². The van der Waals surface area contributed by atoms with Crippen molar-refractivity contribution in [2.24, 2.45) is 0 Å². The Morgan fingerprint density at radius 1 is 1.37 bits per heavy atom. The van der Waals surface area contributed by atoms with Crippen LogP contribution >= 0.6 is 0 Å². The van der Waals surface area contributed by atoms with Crippen molar-refractivity contribution in [1.82, 2.24) is 5.32 Å². The largest absolute Gasteiger partial charge is 0.388 e. The van der Waals surface area contributed by atoms with Crippen molar-refractivity contribution in [2.75, 3.05) is 6.54 Å². The second kappa shape index (κ2) is 5.33. The molecule has 0 aromatic heterocycles. The fraction of sp³-hybridized carbons (Fsp3) is 0.562. The van der Waals surface area contributed by atoms with Gasteiger partial charge in [0.1, 0.15) is 0 Å². The summed E-state index contributed by atoms with van der Waals surface area (Å²) in [7, 11) is 0. The van der Waals surface area contributed by atoms with Crippen molar-refractivity contribution in [3.63, 3.8) is 0 Å². The first-order chi connectivity index (χ1) is 9.00. The van der Waals surface area contributed by atoms with Crippen molar-refractivity contribution in [1.29, 1.82) is 0 Å². The third kappa shape index (κ3) is 2.81. The highest BCUT2D eigenvalue weighted by Gasteiger charge is 2.45. The number of amides is 1. The molecular formula is C16H23NO2. The summed E-state index contributed by atoms with van der Waals surface area (Å²) in [5, 5.41) is 12.9. The van der Waals surface area contributed by atoms with Crippen LogP contribution in [-0.4, -0.2) is 23.2 Å². The van der Waals surface area contributed by atoms with E-state index in [2.05, 4.69) is 5.32 Å². The van der Waals surface area contributed by atoms with Crippen LogP contribution in [0.2, 0.25) is 0 Å². The molecule has 0 saturated heterocycles. The van der Waals surface area contributed by atoms with E-state index in [0.29, 0.717) is 13.0 Å². The van der Waals surface area contributed by atoms with Gasteiger partial charge in [-0.2, -0.15) is 0 Å².